The number of carboxylic acid groups (broad SMARTS) is 1. The number of nitrogens with zero attached hydrogens (tertiary/aromatic N) is 1. The minimum atomic E-state index is -4.04. The van der Waals surface area contributed by atoms with Crippen LogP contribution >= 0.6 is 11.8 Å². The van der Waals surface area contributed by atoms with Gasteiger partial charge in [-0.15, -0.1) is 0 Å². The fourth-order valence-corrected chi connectivity index (χ4v) is 5.09. The van der Waals surface area contributed by atoms with Crippen molar-refractivity contribution in [2.24, 2.45) is 0 Å². The van der Waals surface area contributed by atoms with E-state index >= 15 is 0 Å². The summed E-state index contributed by atoms with van der Waals surface area (Å²) in [4.78, 5) is 37.4. The van der Waals surface area contributed by atoms with Crippen LogP contribution in [0, 0.1) is 0 Å². The van der Waals surface area contributed by atoms with Gasteiger partial charge in [0.1, 0.15) is 6.04 Å². The second-order valence-electron chi connectivity index (χ2n) is 6.88. The lowest BCUT2D eigenvalue weighted by Crippen LogP contribution is -2.41. The standard InChI is InChI=1S/C21H22N2O6S2/c1-2-30-12-11-18(21(26)27)22-31(28,29)15-9-7-14(8-10-15)13-23-19(24)16-5-3-4-6-17(16)20(23)25/h3-10,18,22H,2,11-13H2,1H3,(H,26,27). The number of nitrogens with one attached hydrogen (secondary N) is 1. The molecule has 1 aliphatic rings. The molecule has 0 radical (unpaired) electrons. The number of carbonyl (C=O) groups is 3. The second kappa shape index (κ2) is 9.63. The zero-order valence-corrected chi connectivity index (χ0v) is 18.4. The summed E-state index contributed by atoms with van der Waals surface area (Å²) in [6, 6.07) is 11.0. The van der Waals surface area contributed by atoms with Gasteiger partial charge in [-0.05, 0) is 47.8 Å². The fourth-order valence-electron chi connectivity index (χ4n) is 3.17. The monoisotopic (exact) mass is 462 g/mol. The topological polar surface area (TPSA) is 121 Å². The Kier molecular flexibility index (Phi) is 7.14. The minimum Gasteiger partial charge on any atom is -0.480 e. The largest absolute Gasteiger partial charge is 0.480 e. The van der Waals surface area contributed by atoms with Gasteiger partial charge in [0.15, 0.2) is 0 Å². The molecule has 3 rings (SSSR count). The normalized spacial score (nSPS) is 14.5. The lowest BCUT2D eigenvalue weighted by molar-refractivity contribution is -0.139. The van der Waals surface area contributed by atoms with Crippen LogP contribution in [-0.4, -0.2) is 53.8 Å². The number of benzene rings is 2. The lowest BCUT2D eigenvalue weighted by Gasteiger charge is -2.16. The van der Waals surface area contributed by atoms with Crippen LogP contribution in [0.5, 0.6) is 0 Å². The third-order valence-corrected chi connectivity index (χ3v) is 7.22. The van der Waals surface area contributed by atoms with Gasteiger partial charge in [-0.25, -0.2) is 8.42 Å². The molecule has 1 aliphatic heterocycles. The van der Waals surface area contributed by atoms with E-state index in [1.165, 1.54) is 36.0 Å². The Hall–Kier alpha value is -2.69. The Balaban J connectivity index is 1.70. The van der Waals surface area contributed by atoms with Crippen molar-refractivity contribution in [3.8, 4) is 0 Å². The Morgan fingerprint density at radius 1 is 1.06 bits per heavy atom. The number of carbonyl (C=O) groups excluding carboxylic acids is 2. The van der Waals surface area contributed by atoms with Crippen molar-refractivity contribution in [2.45, 2.75) is 30.8 Å². The van der Waals surface area contributed by atoms with E-state index in [4.69, 9.17) is 0 Å². The van der Waals surface area contributed by atoms with E-state index < -0.39 is 33.8 Å². The van der Waals surface area contributed by atoms with E-state index in [0.29, 0.717) is 22.4 Å². The van der Waals surface area contributed by atoms with Gasteiger partial charge in [0, 0.05) is 0 Å². The molecule has 2 aromatic rings. The average Bonchev–Trinajstić information content (AvgIpc) is 2.98. The summed E-state index contributed by atoms with van der Waals surface area (Å²) in [6.07, 6.45) is 0.172. The molecule has 2 amide bonds. The zero-order chi connectivity index (χ0) is 22.6. The number of imide groups is 1. The van der Waals surface area contributed by atoms with Crippen molar-refractivity contribution in [2.75, 3.05) is 11.5 Å². The maximum atomic E-state index is 12.6. The summed E-state index contributed by atoms with van der Waals surface area (Å²) in [5, 5.41) is 9.30. The number of aliphatic carboxylic acids is 1. The molecule has 0 fully saturated rings. The predicted octanol–water partition coefficient (Wildman–Crippen LogP) is 2.36. The molecule has 0 saturated carbocycles. The summed E-state index contributed by atoms with van der Waals surface area (Å²) in [7, 11) is -4.04. The highest BCUT2D eigenvalue weighted by Gasteiger charge is 2.35. The van der Waals surface area contributed by atoms with Crippen molar-refractivity contribution >= 4 is 39.6 Å². The fraction of sp³-hybridized carbons (Fsp3) is 0.286. The molecular formula is C21H22N2O6S2. The van der Waals surface area contributed by atoms with E-state index in [1.54, 1.807) is 24.3 Å². The van der Waals surface area contributed by atoms with Crippen LogP contribution in [0.3, 0.4) is 0 Å². The maximum absolute atomic E-state index is 12.6. The number of sulfonamides is 1. The summed E-state index contributed by atoms with van der Waals surface area (Å²) in [6.45, 7) is 1.94. The number of rotatable bonds is 10. The average molecular weight is 463 g/mol. The van der Waals surface area contributed by atoms with Gasteiger partial charge in [0.05, 0.1) is 22.6 Å². The van der Waals surface area contributed by atoms with E-state index in [-0.39, 0.29) is 17.9 Å². The molecule has 31 heavy (non-hydrogen) atoms. The van der Waals surface area contributed by atoms with E-state index in [1.807, 2.05) is 6.92 Å². The molecule has 0 aromatic heterocycles. The van der Waals surface area contributed by atoms with Crippen LogP contribution < -0.4 is 4.72 Å². The molecule has 0 aliphatic carbocycles. The number of hydrogen-bond acceptors (Lipinski definition) is 6. The van der Waals surface area contributed by atoms with Gasteiger partial charge in [0.25, 0.3) is 11.8 Å². The van der Waals surface area contributed by atoms with Crippen molar-refractivity contribution < 1.29 is 27.9 Å². The zero-order valence-electron chi connectivity index (χ0n) is 16.8. The Morgan fingerprint density at radius 2 is 1.65 bits per heavy atom. The number of carboxylic acids is 1. The molecule has 0 bridgehead atoms. The second-order valence-corrected chi connectivity index (χ2v) is 9.99. The highest BCUT2D eigenvalue weighted by atomic mass is 32.2. The third-order valence-electron chi connectivity index (χ3n) is 4.80. The molecule has 164 valence electrons. The molecule has 0 spiro atoms. The molecule has 1 unspecified atom stereocenters. The quantitative estimate of drug-likeness (QED) is 0.411. The first-order valence-electron chi connectivity index (χ1n) is 9.61. The first kappa shape index (κ1) is 23.0. The number of amides is 2. The van der Waals surface area contributed by atoms with Gasteiger partial charge in [-0.1, -0.05) is 31.2 Å². The summed E-state index contributed by atoms with van der Waals surface area (Å²) in [5.74, 6) is -0.688. The van der Waals surface area contributed by atoms with E-state index in [9.17, 15) is 27.9 Å². The van der Waals surface area contributed by atoms with Gasteiger partial charge in [-0.3, -0.25) is 19.3 Å². The first-order chi connectivity index (χ1) is 14.7. The Labute approximate surface area is 184 Å². The van der Waals surface area contributed by atoms with Crippen LogP contribution in [-0.2, 0) is 21.4 Å². The SMILES string of the molecule is CCSCCC(NS(=O)(=O)c1ccc(CN2C(=O)c3ccccc3C2=O)cc1)C(=O)O. The molecule has 0 saturated heterocycles. The first-order valence-corrected chi connectivity index (χ1v) is 12.3. The number of fused-ring (bicyclic) bond motifs is 1. The van der Waals surface area contributed by atoms with Gasteiger partial charge >= 0.3 is 5.97 Å². The summed E-state index contributed by atoms with van der Waals surface area (Å²) >= 11 is 1.53. The highest BCUT2D eigenvalue weighted by Crippen LogP contribution is 2.24. The van der Waals surface area contributed by atoms with Gasteiger partial charge in [-0.2, -0.15) is 16.5 Å². The third kappa shape index (κ3) is 5.15. The minimum absolute atomic E-state index is 0.00605. The molecular weight excluding hydrogens is 440 g/mol. The van der Waals surface area contributed by atoms with Crippen LogP contribution in [0.2, 0.25) is 0 Å². The lowest BCUT2D eigenvalue weighted by atomic mass is 10.1. The Bertz CT molecular complexity index is 1060. The van der Waals surface area contributed by atoms with Crippen LogP contribution in [0.15, 0.2) is 53.4 Å². The molecule has 1 atom stereocenters. The molecule has 1 heterocycles. The smallest absolute Gasteiger partial charge is 0.321 e. The van der Waals surface area contributed by atoms with Gasteiger partial charge in [0.2, 0.25) is 10.0 Å². The highest BCUT2D eigenvalue weighted by molar-refractivity contribution is 7.99. The number of hydrogen-bond donors (Lipinski definition) is 2. The van der Waals surface area contributed by atoms with E-state index in [0.717, 1.165) is 10.7 Å². The van der Waals surface area contributed by atoms with Crippen LogP contribution in [0.1, 0.15) is 39.6 Å². The maximum Gasteiger partial charge on any atom is 0.321 e. The molecule has 8 nitrogen and oxygen atoms in total. The summed E-state index contributed by atoms with van der Waals surface area (Å²) in [5.41, 5.74) is 1.26. The number of thioether (sulfide) groups is 1. The summed E-state index contributed by atoms with van der Waals surface area (Å²) < 4.78 is 27.4. The predicted molar refractivity (Wildman–Crippen MR) is 116 cm³/mol. The molecule has 2 N–H and O–H groups in total. The van der Waals surface area contributed by atoms with Crippen molar-refractivity contribution in [3.05, 3.63) is 65.2 Å². The van der Waals surface area contributed by atoms with E-state index in [2.05, 4.69) is 4.72 Å². The molecule has 2 aromatic carbocycles. The Morgan fingerprint density at radius 3 is 2.16 bits per heavy atom. The van der Waals surface area contributed by atoms with Crippen molar-refractivity contribution in [3.63, 3.8) is 0 Å². The van der Waals surface area contributed by atoms with Gasteiger partial charge < -0.3 is 5.11 Å². The van der Waals surface area contributed by atoms with Crippen molar-refractivity contribution in [1.29, 1.82) is 0 Å². The van der Waals surface area contributed by atoms with Crippen LogP contribution in [0.4, 0.5) is 0 Å². The van der Waals surface area contributed by atoms with Crippen LogP contribution in [0.25, 0.3) is 0 Å². The molecule has 10 heteroatoms. The van der Waals surface area contributed by atoms with Crippen molar-refractivity contribution in [1.82, 2.24) is 9.62 Å².